The highest BCUT2D eigenvalue weighted by molar-refractivity contribution is 5.85. The van der Waals surface area contributed by atoms with Gasteiger partial charge in [-0.1, -0.05) is 30.3 Å². The highest BCUT2D eigenvalue weighted by Crippen LogP contribution is 2.24. The molecule has 1 heterocycles. The Bertz CT molecular complexity index is 689. The van der Waals surface area contributed by atoms with Crippen LogP contribution in [0.2, 0.25) is 0 Å². The van der Waals surface area contributed by atoms with Crippen LogP contribution in [-0.4, -0.2) is 46.3 Å². The summed E-state index contributed by atoms with van der Waals surface area (Å²) < 4.78 is 9.86. The van der Waals surface area contributed by atoms with Crippen LogP contribution in [0.25, 0.3) is 0 Å². The van der Waals surface area contributed by atoms with Gasteiger partial charge in [0.25, 0.3) is 5.91 Å². The zero-order chi connectivity index (χ0) is 19.3. The molecule has 26 heavy (non-hydrogen) atoms. The van der Waals surface area contributed by atoms with Crippen LogP contribution in [0.15, 0.2) is 30.3 Å². The van der Waals surface area contributed by atoms with Crippen LogP contribution in [0.3, 0.4) is 0 Å². The lowest BCUT2D eigenvalue weighted by molar-refractivity contribution is -0.229. The summed E-state index contributed by atoms with van der Waals surface area (Å²) >= 11 is 0. The van der Waals surface area contributed by atoms with Gasteiger partial charge in [-0.05, 0) is 6.92 Å². The van der Waals surface area contributed by atoms with Crippen molar-refractivity contribution < 1.29 is 38.6 Å². The lowest BCUT2D eigenvalue weighted by Crippen LogP contribution is -2.38. The first kappa shape index (κ1) is 19.4. The van der Waals surface area contributed by atoms with Crippen molar-refractivity contribution in [1.29, 1.82) is 0 Å². The predicted molar refractivity (Wildman–Crippen MR) is 84.7 cm³/mol. The second-order valence-electron chi connectivity index (χ2n) is 5.63. The molecule has 0 aliphatic carbocycles. The molecule has 3 atom stereocenters. The molecule has 0 saturated carbocycles. The molecule has 1 N–H and O–H groups in total. The number of esters is 2. The first-order chi connectivity index (χ1) is 12.3. The molecule has 0 spiro atoms. The smallest absolute Gasteiger partial charge is 0.377 e. The number of carbonyl (C=O) groups is 4. The fourth-order valence-electron chi connectivity index (χ4n) is 2.29. The first-order valence-electron chi connectivity index (χ1n) is 7.94. The number of ether oxygens (including phenoxy) is 2. The lowest BCUT2D eigenvalue weighted by atomic mass is 10.1. The summed E-state index contributed by atoms with van der Waals surface area (Å²) in [6.07, 6.45) is -3.81. The Morgan fingerprint density at radius 1 is 1.15 bits per heavy atom. The van der Waals surface area contributed by atoms with Crippen LogP contribution in [0.5, 0.6) is 0 Å². The van der Waals surface area contributed by atoms with Crippen LogP contribution in [-0.2, 0) is 33.5 Å². The van der Waals surface area contributed by atoms with Crippen molar-refractivity contribution in [3.63, 3.8) is 0 Å². The van der Waals surface area contributed by atoms with E-state index in [9.17, 15) is 24.3 Å². The molecule has 2 rings (SSSR count). The molecule has 1 saturated heterocycles. The third-order valence-electron chi connectivity index (χ3n) is 3.55. The minimum Gasteiger partial charge on any atom is -0.451 e. The van der Waals surface area contributed by atoms with Gasteiger partial charge >= 0.3 is 17.9 Å². The van der Waals surface area contributed by atoms with Crippen molar-refractivity contribution in [2.75, 3.05) is 0 Å². The number of hydrogen-bond acceptors (Lipinski definition) is 8. The maximum absolute atomic E-state index is 12.5. The molecule has 1 aliphatic rings. The second-order valence-corrected chi connectivity index (χ2v) is 5.63. The topological polar surface area (TPSA) is 119 Å². The number of carbonyl (C=O) groups excluding carboxylic acids is 4. The number of hydrogen-bond donors (Lipinski definition) is 1. The highest BCUT2D eigenvalue weighted by Gasteiger charge is 2.37. The molecule has 0 bridgehead atoms. The van der Waals surface area contributed by atoms with Crippen molar-refractivity contribution in [2.45, 2.75) is 45.1 Å². The van der Waals surface area contributed by atoms with Crippen LogP contribution in [0.1, 0.15) is 38.4 Å². The van der Waals surface area contributed by atoms with Crippen LogP contribution in [0, 0.1) is 0 Å². The molecule has 9 heteroatoms. The molecule has 1 aromatic carbocycles. The molecule has 140 valence electrons. The van der Waals surface area contributed by atoms with E-state index in [-0.39, 0.29) is 12.8 Å². The zero-order valence-electron chi connectivity index (χ0n) is 14.3. The van der Waals surface area contributed by atoms with E-state index in [1.165, 1.54) is 19.1 Å². The van der Waals surface area contributed by atoms with Gasteiger partial charge in [-0.25, -0.2) is 9.59 Å². The summed E-state index contributed by atoms with van der Waals surface area (Å²) in [5.41, 5.74) is 0.294. The Morgan fingerprint density at radius 3 is 2.35 bits per heavy atom. The van der Waals surface area contributed by atoms with Crippen LogP contribution in [0.4, 0.5) is 0 Å². The minimum absolute atomic E-state index is 0.0354. The van der Waals surface area contributed by atoms with Gasteiger partial charge in [-0.2, -0.15) is 0 Å². The third kappa shape index (κ3) is 4.79. The Hall–Kier alpha value is -2.94. The Morgan fingerprint density at radius 2 is 1.81 bits per heavy atom. The normalized spacial score (nSPS) is 18.8. The van der Waals surface area contributed by atoms with Gasteiger partial charge in [-0.3, -0.25) is 9.59 Å². The molecular formula is C17H19NO8. The summed E-state index contributed by atoms with van der Waals surface area (Å²) in [6.45, 7) is 2.43. The summed E-state index contributed by atoms with van der Waals surface area (Å²) in [5.74, 6) is -3.26. The van der Waals surface area contributed by atoms with Gasteiger partial charge in [0.15, 0.2) is 12.3 Å². The summed E-state index contributed by atoms with van der Waals surface area (Å²) in [6, 6.07) is 7.99. The molecule has 0 aromatic heterocycles. The Balaban J connectivity index is 2.16. The van der Waals surface area contributed by atoms with Crippen molar-refractivity contribution in [2.24, 2.45) is 0 Å². The van der Waals surface area contributed by atoms with Gasteiger partial charge in [-0.15, -0.1) is 5.06 Å². The van der Waals surface area contributed by atoms with E-state index in [2.05, 4.69) is 0 Å². The van der Waals surface area contributed by atoms with E-state index in [0.717, 1.165) is 6.92 Å². The standard InChI is InChI=1S/C17H19NO8/c1-10(24-11(2)19)16(22)25-15(12-6-4-3-5-7-12)17(23)26-18-13(20)8-9-14(18)21/h3-7,10,13,15,20H,8-9H2,1-2H3/t10-,13?,15-/m0/s1. The number of aliphatic hydroxyl groups excluding tert-OH is 1. The van der Waals surface area contributed by atoms with Gasteiger partial charge in [0.1, 0.15) is 0 Å². The van der Waals surface area contributed by atoms with Gasteiger partial charge < -0.3 is 19.4 Å². The van der Waals surface area contributed by atoms with E-state index < -0.39 is 42.3 Å². The van der Waals surface area contributed by atoms with Crippen molar-refractivity contribution >= 4 is 23.8 Å². The maximum atomic E-state index is 12.5. The molecule has 0 radical (unpaired) electrons. The number of nitrogens with zero attached hydrogens (tertiary/aromatic N) is 1. The third-order valence-corrected chi connectivity index (χ3v) is 3.55. The monoisotopic (exact) mass is 365 g/mol. The lowest BCUT2D eigenvalue weighted by Gasteiger charge is -2.23. The van der Waals surface area contributed by atoms with Gasteiger partial charge in [0.2, 0.25) is 6.10 Å². The summed E-state index contributed by atoms with van der Waals surface area (Å²) in [4.78, 5) is 52.1. The Labute approximate surface area is 149 Å². The van der Waals surface area contributed by atoms with E-state index in [0.29, 0.717) is 10.6 Å². The molecule has 1 amide bonds. The van der Waals surface area contributed by atoms with Crippen molar-refractivity contribution in [3.05, 3.63) is 35.9 Å². The van der Waals surface area contributed by atoms with Gasteiger partial charge in [0.05, 0.1) is 0 Å². The maximum Gasteiger partial charge on any atom is 0.377 e. The molecular weight excluding hydrogens is 346 g/mol. The van der Waals surface area contributed by atoms with E-state index in [1.807, 2.05) is 0 Å². The number of rotatable bonds is 6. The minimum atomic E-state index is -1.50. The molecule has 1 aliphatic heterocycles. The second kappa shape index (κ2) is 8.43. The molecule has 1 aromatic rings. The fourth-order valence-corrected chi connectivity index (χ4v) is 2.29. The molecule has 1 fully saturated rings. The number of amides is 1. The average Bonchev–Trinajstić information content (AvgIpc) is 2.91. The quantitative estimate of drug-likeness (QED) is 0.729. The Kier molecular flexibility index (Phi) is 6.29. The predicted octanol–water partition coefficient (Wildman–Crippen LogP) is 0.621. The number of aliphatic hydroxyl groups is 1. The largest absolute Gasteiger partial charge is 0.451 e. The number of benzene rings is 1. The highest BCUT2D eigenvalue weighted by atomic mass is 16.7. The van der Waals surface area contributed by atoms with E-state index in [4.69, 9.17) is 14.3 Å². The zero-order valence-corrected chi connectivity index (χ0v) is 14.3. The fraction of sp³-hybridized carbons (Fsp3) is 0.412. The summed E-state index contributed by atoms with van der Waals surface area (Å²) in [7, 11) is 0. The number of hydroxylamine groups is 2. The summed E-state index contributed by atoms with van der Waals surface area (Å²) in [5, 5.41) is 10.2. The molecule has 9 nitrogen and oxygen atoms in total. The first-order valence-corrected chi connectivity index (χ1v) is 7.94. The van der Waals surface area contributed by atoms with Crippen molar-refractivity contribution in [1.82, 2.24) is 5.06 Å². The van der Waals surface area contributed by atoms with E-state index >= 15 is 0 Å². The van der Waals surface area contributed by atoms with Crippen molar-refractivity contribution in [3.8, 4) is 0 Å². The average molecular weight is 365 g/mol. The van der Waals surface area contributed by atoms with Crippen LogP contribution >= 0.6 is 0 Å². The SMILES string of the molecule is CC(=O)O[C@@H](C)C(=O)O[C@H](C(=O)ON1C(=O)CCC1O)c1ccccc1. The molecule has 1 unspecified atom stereocenters. The van der Waals surface area contributed by atoms with E-state index in [1.54, 1.807) is 18.2 Å². The van der Waals surface area contributed by atoms with Crippen LogP contribution < -0.4 is 0 Å². The van der Waals surface area contributed by atoms with Gasteiger partial charge in [0, 0.05) is 25.3 Å².